The molecule has 1 aliphatic heterocycles. The van der Waals surface area contributed by atoms with Crippen molar-refractivity contribution in [3.05, 3.63) is 33.9 Å². The molecule has 0 spiro atoms. The summed E-state index contributed by atoms with van der Waals surface area (Å²) in [5.74, 6) is -0.452. The quantitative estimate of drug-likeness (QED) is 0.492. The van der Waals surface area contributed by atoms with E-state index in [2.05, 4.69) is 5.32 Å². The molecule has 112 valence electrons. The molecule has 0 atom stereocenters. The van der Waals surface area contributed by atoms with Crippen LogP contribution in [0, 0.1) is 10.1 Å². The topological polar surface area (TPSA) is 92.6 Å². The maximum Gasteiger partial charge on any atom is 0.292 e. The van der Waals surface area contributed by atoms with E-state index in [4.69, 9.17) is 0 Å². The molecule has 1 N–H and O–H groups in total. The third-order valence-corrected chi connectivity index (χ3v) is 3.32. The van der Waals surface area contributed by atoms with Crippen LogP contribution in [0.4, 0.5) is 11.4 Å². The summed E-state index contributed by atoms with van der Waals surface area (Å²) < 4.78 is 0. The molecule has 0 aromatic heterocycles. The fraction of sp³-hybridized carbons (Fsp3) is 0.429. The summed E-state index contributed by atoms with van der Waals surface area (Å²) in [7, 11) is 0. The van der Waals surface area contributed by atoms with Crippen molar-refractivity contribution in [3.8, 4) is 0 Å². The van der Waals surface area contributed by atoms with Gasteiger partial charge in [-0.3, -0.25) is 24.6 Å². The lowest BCUT2D eigenvalue weighted by Gasteiger charge is -2.14. The van der Waals surface area contributed by atoms with Crippen LogP contribution in [0.15, 0.2) is 18.2 Å². The predicted octanol–water partition coefficient (Wildman–Crippen LogP) is 2.07. The van der Waals surface area contributed by atoms with Crippen molar-refractivity contribution in [2.24, 2.45) is 0 Å². The van der Waals surface area contributed by atoms with Gasteiger partial charge < -0.3 is 5.32 Å². The van der Waals surface area contributed by atoms with E-state index in [1.54, 1.807) is 12.1 Å². The van der Waals surface area contributed by atoms with Crippen molar-refractivity contribution in [2.45, 2.75) is 32.7 Å². The number of amides is 2. The highest BCUT2D eigenvalue weighted by atomic mass is 16.6. The van der Waals surface area contributed by atoms with Crippen LogP contribution in [0.1, 0.15) is 31.7 Å². The van der Waals surface area contributed by atoms with Crippen LogP contribution in [-0.4, -0.2) is 28.2 Å². The Morgan fingerprint density at radius 2 is 1.95 bits per heavy atom. The van der Waals surface area contributed by atoms with E-state index in [9.17, 15) is 19.7 Å². The third-order valence-electron chi connectivity index (χ3n) is 3.32. The maximum atomic E-state index is 11.6. The summed E-state index contributed by atoms with van der Waals surface area (Å²) in [6, 6.07) is 4.73. The molecule has 7 heteroatoms. The van der Waals surface area contributed by atoms with E-state index in [0.29, 0.717) is 17.8 Å². The number of imide groups is 1. The van der Waals surface area contributed by atoms with Gasteiger partial charge in [-0.05, 0) is 18.1 Å². The second-order valence-electron chi connectivity index (χ2n) is 4.91. The minimum atomic E-state index is -0.463. The molecule has 0 radical (unpaired) electrons. The van der Waals surface area contributed by atoms with Crippen molar-refractivity contribution in [2.75, 3.05) is 11.9 Å². The highest BCUT2D eigenvalue weighted by Crippen LogP contribution is 2.27. The number of benzene rings is 1. The first-order chi connectivity index (χ1) is 10.0. The van der Waals surface area contributed by atoms with Crippen LogP contribution < -0.4 is 5.32 Å². The summed E-state index contributed by atoms with van der Waals surface area (Å²) in [4.78, 5) is 35.0. The van der Waals surface area contributed by atoms with Gasteiger partial charge in [-0.1, -0.05) is 13.0 Å². The van der Waals surface area contributed by atoms with Gasteiger partial charge >= 0.3 is 0 Å². The number of nitro benzene ring substituents is 1. The number of likely N-dealkylation sites (tertiary alicyclic amines) is 1. The predicted molar refractivity (Wildman–Crippen MR) is 76.7 cm³/mol. The molecule has 1 aromatic carbocycles. The average Bonchev–Trinajstić information content (AvgIpc) is 2.77. The largest absolute Gasteiger partial charge is 0.380 e. The molecule has 1 saturated heterocycles. The zero-order chi connectivity index (χ0) is 15.4. The first-order valence-corrected chi connectivity index (χ1v) is 6.87. The molecule has 0 aliphatic carbocycles. The minimum absolute atomic E-state index is 0.0416. The summed E-state index contributed by atoms with van der Waals surface area (Å²) in [5.41, 5.74) is 0.983. The van der Waals surface area contributed by atoms with E-state index < -0.39 is 4.92 Å². The summed E-state index contributed by atoms with van der Waals surface area (Å²) in [6.45, 7) is 2.70. The second kappa shape index (κ2) is 6.34. The van der Waals surface area contributed by atoms with Crippen LogP contribution in [0.2, 0.25) is 0 Å². The molecular formula is C14H17N3O4. The van der Waals surface area contributed by atoms with Crippen LogP contribution in [-0.2, 0) is 16.1 Å². The van der Waals surface area contributed by atoms with Crippen molar-refractivity contribution in [1.29, 1.82) is 0 Å². The Bertz CT molecular complexity index is 570. The Hall–Kier alpha value is -2.44. The second-order valence-corrected chi connectivity index (χ2v) is 4.91. The van der Waals surface area contributed by atoms with Gasteiger partial charge in [-0.15, -0.1) is 0 Å². The number of nitrogens with zero attached hydrogens (tertiary/aromatic N) is 2. The fourth-order valence-electron chi connectivity index (χ4n) is 2.22. The van der Waals surface area contributed by atoms with Crippen molar-refractivity contribution >= 4 is 23.2 Å². The Kier molecular flexibility index (Phi) is 4.52. The van der Waals surface area contributed by atoms with Gasteiger partial charge in [0.2, 0.25) is 11.8 Å². The van der Waals surface area contributed by atoms with Crippen LogP contribution in [0.3, 0.4) is 0 Å². The molecule has 0 bridgehead atoms. The van der Waals surface area contributed by atoms with Crippen molar-refractivity contribution < 1.29 is 14.5 Å². The Morgan fingerprint density at radius 1 is 1.29 bits per heavy atom. The van der Waals surface area contributed by atoms with Crippen LogP contribution >= 0.6 is 0 Å². The number of carbonyl (C=O) groups is 2. The lowest BCUT2D eigenvalue weighted by atomic mass is 10.1. The first kappa shape index (κ1) is 15.0. The zero-order valence-corrected chi connectivity index (χ0v) is 11.8. The monoisotopic (exact) mass is 291 g/mol. The molecular weight excluding hydrogens is 274 g/mol. The van der Waals surface area contributed by atoms with Crippen LogP contribution in [0.5, 0.6) is 0 Å². The van der Waals surface area contributed by atoms with Gasteiger partial charge in [0, 0.05) is 25.5 Å². The number of carbonyl (C=O) groups excluding carboxylic acids is 2. The van der Waals surface area contributed by atoms with Gasteiger partial charge in [0.25, 0.3) is 5.69 Å². The van der Waals surface area contributed by atoms with E-state index in [-0.39, 0.29) is 36.9 Å². The van der Waals surface area contributed by atoms with Gasteiger partial charge in [-0.25, -0.2) is 0 Å². The fourth-order valence-corrected chi connectivity index (χ4v) is 2.22. The highest BCUT2D eigenvalue weighted by molar-refractivity contribution is 6.01. The van der Waals surface area contributed by atoms with Crippen molar-refractivity contribution in [3.63, 3.8) is 0 Å². The van der Waals surface area contributed by atoms with Gasteiger partial charge in [0.15, 0.2) is 0 Å². The molecule has 1 fully saturated rings. The number of nitrogens with one attached hydrogen (secondary N) is 1. The lowest BCUT2D eigenvalue weighted by molar-refractivity contribution is -0.384. The average molecular weight is 291 g/mol. The van der Waals surface area contributed by atoms with E-state index in [0.717, 1.165) is 11.3 Å². The highest BCUT2D eigenvalue weighted by Gasteiger charge is 2.29. The molecule has 21 heavy (non-hydrogen) atoms. The summed E-state index contributed by atoms with van der Waals surface area (Å²) in [5, 5.41) is 14.1. The Balaban J connectivity index is 2.21. The van der Waals surface area contributed by atoms with Crippen molar-refractivity contribution in [1.82, 2.24) is 4.90 Å². The number of nitro groups is 1. The molecule has 1 aromatic rings. The summed E-state index contributed by atoms with van der Waals surface area (Å²) >= 11 is 0. The number of hydrogen-bond donors (Lipinski definition) is 1. The lowest BCUT2D eigenvalue weighted by Crippen LogP contribution is -2.28. The molecule has 7 nitrogen and oxygen atoms in total. The number of hydrogen-bond acceptors (Lipinski definition) is 5. The van der Waals surface area contributed by atoms with E-state index in [1.165, 1.54) is 6.07 Å². The third kappa shape index (κ3) is 3.36. The molecule has 0 unspecified atom stereocenters. The Morgan fingerprint density at radius 3 is 2.52 bits per heavy atom. The van der Waals surface area contributed by atoms with Gasteiger partial charge in [0.05, 0.1) is 11.5 Å². The standard InChI is InChI=1S/C14H17N3O4/c1-2-7-15-11-4-3-10(8-12(11)17(20)21)9-16-13(18)5-6-14(16)19/h3-4,8,15H,2,5-7,9H2,1H3. The van der Waals surface area contributed by atoms with E-state index >= 15 is 0 Å². The summed E-state index contributed by atoms with van der Waals surface area (Å²) in [6.07, 6.45) is 1.30. The number of anilines is 1. The van der Waals surface area contributed by atoms with E-state index in [1.807, 2.05) is 6.92 Å². The maximum absolute atomic E-state index is 11.6. The first-order valence-electron chi connectivity index (χ1n) is 6.87. The smallest absolute Gasteiger partial charge is 0.292 e. The SMILES string of the molecule is CCCNc1ccc(CN2C(=O)CCC2=O)cc1[N+](=O)[O-]. The molecule has 1 aliphatic rings. The van der Waals surface area contributed by atoms with Crippen LogP contribution in [0.25, 0.3) is 0 Å². The van der Waals surface area contributed by atoms with Gasteiger partial charge in [-0.2, -0.15) is 0 Å². The Labute approximate surface area is 122 Å². The van der Waals surface area contributed by atoms with Gasteiger partial charge in [0.1, 0.15) is 5.69 Å². The number of rotatable bonds is 6. The molecule has 0 saturated carbocycles. The molecule has 1 heterocycles. The zero-order valence-electron chi connectivity index (χ0n) is 11.8. The normalized spacial score (nSPS) is 14.6. The minimum Gasteiger partial charge on any atom is -0.380 e. The molecule has 2 rings (SSSR count). The molecule has 2 amide bonds.